The van der Waals surface area contributed by atoms with Gasteiger partial charge in [0, 0.05) is 12.6 Å². The number of benzene rings is 1. The maximum Gasteiger partial charge on any atom is 0.247 e. The average Bonchev–Trinajstić information content (AvgIpc) is 3.20. The molecule has 2 aliphatic heterocycles. The lowest BCUT2D eigenvalue weighted by Gasteiger charge is -2.33. The number of H-pyrrole nitrogens is 1. The number of carbonyl (C=O) groups is 1. The van der Waals surface area contributed by atoms with Crippen LogP contribution in [-0.4, -0.2) is 59.0 Å². The second kappa shape index (κ2) is 6.94. The van der Waals surface area contributed by atoms with Gasteiger partial charge >= 0.3 is 0 Å². The predicted octanol–water partition coefficient (Wildman–Crippen LogP) is 1.19. The monoisotopic (exact) mass is 342 g/mol. The summed E-state index contributed by atoms with van der Waals surface area (Å²) >= 11 is 0. The third-order valence-corrected chi connectivity index (χ3v) is 4.15. The number of morpholine rings is 1. The van der Waals surface area contributed by atoms with Crippen LogP contribution in [0.3, 0.4) is 0 Å². The zero-order valence-electron chi connectivity index (χ0n) is 13.6. The largest absolute Gasteiger partial charge is 0.486 e. The Balaban J connectivity index is 1.49. The fraction of sp³-hybridized carbons (Fsp3) is 0.353. The minimum atomic E-state index is -0.256. The van der Waals surface area contributed by atoms with Crippen molar-refractivity contribution in [3.05, 3.63) is 42.0 Å². The molecule has 1 fully saturated rings. The van der Waals surface area contributed by atoms with E-state index in [-0.39, 0.29) is 11.9 Å². The topological polar surface area (TPSA) is 89.6 Å². The predicted molar refractivity (Wildman–Crippen MR) is 88.1 cm³/mol. The lowest BCUT2D eigenvalue weighted by molar-refractivity contribution is -0.135. The zero-order chi connectivity index (χ0) is 17.1. The summed E-state index contributed by atoms with van der Waals surface area (Å²) < 4.78 is 16.5. The molecule has 0 aliphatic carbocycles. The highest BCUT2D eigenvalue weighted by Crippen LogP contribution is 2.31. The van der Waals surface area contributed by atoms with Gasteiger partial charge in [-0.05, 0) is 23.8 Å². The van der Waals surface area contributed by atoms with E-state index < -0.39 is 0 Å². The Labute approximate surface area is 144 Å². The van der Waals surface area contributed by atoms with E-state index >= 15 is 0 Å². The number of nitrogens with zero attached hydrogens (tertiary/aromatic N) is 3. The number of nitrogens with one attached hydrogen (secondary N) is 1. The van der Waals surface area contributed by atoms with Crippen LogP contribution in [0, 0.1) is 0 Å². The van der Waals surface area contributed by atoms with Crippen molar-refractivity contribution in [3.63, 3.8) is 0 Å². The van der Waals surface area contributed by atoms with Gasteiger partial charge < -0.3 is 19.1 Å². The van der Waals surface area contributed by atoms with Gasteiger partial charge in [-0.1, -0.05) is 6.07 Å². The van der Waals surface area contributed by atoms with Gasteiger partial charge in [0.1, 0.15) is 31.4 Å². The van der Waals surface area contributed by atoms with E-state index in [0.717, 1.165) is 11.3 Å². The first-order chi connectivity index (χ1) is 12.3. The van der Waals surface area contributed by atoms with E-state index in [1.807, 2.05) is 18.2 Å². The number of hydrogen-bond donors (Lipinski definition) is 1. The normalized spacial score (nSPS) is 20.0. The molecule has 8 nitrogen and oxygen atoms in total. The van der Waals surface area contributed by atoms with Crippen LogP contribution < -0.4 is 9.47 Å². The first kappa shape index (κ1) is 15.6. The Morgan fingerprint density at radius 1 is 1.24 bits per heavy atom. The Morgan fingerprint density at radius 2 is 2.12 bits per heavy atom. The van der Waals surface area contributed by atoms with E-state index in [4.69, 9.17) is 14.2 Å². The molecule has 2 aromatic rings. The van der Waals surface area contributed by atoms with Gasteiger partial charge in [0.05, 0.1) is 13.2 Å². The molecule has 0 bridgehead atoms. The summed E-state index contributed by atoms with van der Waals surface area (Å²) in [4.78, 5) is 18.5. The van der Waals surface area contributed by atoms with Crippen LogP contribution in [-0.2, 0) is 9.53 Å². The standard InChI is InChI=1S/C17H18N4O4/c22-16(21-5-6-23-10-13(21)17-18-11-19-20-17)4-2-12-1-3-14-15(9-12)25-8-7-24-14/h1-4,9,11,13H,5-8,10H2,(H,18,19,20)/b4-2+. The van der Waals surface area contributed by atoms with Crippen LogP contribution in [0.25, 0.3) is 6.08 Å². The molecule has 4 rings (SSSR count). The number of hydrogen-bond acceptors (Lipinski definition) is 6. The van der Waals surface area contributed by atoms with Crippen molar-refractivity contribution in [2.45, 2.75) is 6.04 Å². The lowest BCUT2D eigenvalue weighted by atomic mass is 10.1. The summed E-state index contributed by atoms with van der Waals surface area (Å²) in [7, 11) is 0. The highest BCUT2D eigenvalue weighted by molar-refractivity contribution is 5.92. The molecule has 130 valence electrons. The fourth-order valence-electron chi connectivity index (χ4n) is 2.90. The van der Waals surface area contributed by atoms with E-state index in [1.165, 1.54) is 6.33 Å². The van der Waals surface area contributed by atoms with Crippen LogP contribution in [0.4, 0.5) is 0 Å². The number of aromatic amines is 1. The maximum absolute atomic E-state index is 12.6. The first-order valence-corrected chi connectivity index (χ1v) is 8.12. The number of rotatable bonds is 3. The molecule has 2 aliphatic rings. The number of carbonyl (C=O) groups excluding carboxylic acids is 1. The van der Waals surface area contributed by atoms with Crippen molar-refractivity contribution in [2.75, 3.05) is 33.0 Å². The quantitative estimate of drug-likeness (QED) is 0.843. The molecular weight excluding hydrogens is 324 g/mol. The van der Waals surface area contributed by atoms with Crippen LogP contribution in [0.15, 0.2) is 30.6 Å². The van der Waals surface area contributed by atoms with Crippen molar-refractivity contribution >= 4 is 12.0 Å². The van der Waals surface area contributed by atoms with Crippen molar-refractivity contribution < 1.29 is 19.0 Å². The summed E-state index contributed by atoms with van der Waals surface area (Å²) in [5, 5.41) is 6.66. The molecule has 3 heterocycles. The molecule has 1 aromatic carbocycles. The van der Waals surface area contributed by atoms with Crippen LogP contribution in [0.1, 0.15) is 17.4 Å². The molecule has 1 saturated heterocycles. The molecule has 0 spiro atoms. The summed E-state index contributed by atoms with van der Waals surface area (Å²) in [5.41, 5.74) is 0.877. The Bertz CT molecular complexity index is 775. The van der Waals surface area contributed by atoms with Gasteiger partial charge in [-0.15, -0.1) is 0 Å². The fourth-order valence-corrected chi connectivity index (χ4v) is 2.90. The summed E-state index contributed by atoms with van der Waals surface area (Å²) in [6.07, 6.45) is 4.76. The van der Waals surface area contributed by atoms with Gasteiger partial charge in [0.25, 0.3) is 0 Å². The second-order valence-electron chi connectivity index (χ2n) is 5.73. The lowest BCUT2D eigenvalue weighted by Crippen LogP contribution is -2.43. The van der Waals surface area contributed by atoms with Gasteiger partial charge in [0.2, 0.25) is 5.91 Å². The molecule has 1 aromatic heterocycles. The Kier molecular flexibility index (Phi) is 4.34. The Hall–Kier alpha value is -2.87. The molecule has 0 saturated carbocycles. The molecule has 25 heavy (non-hydrogen) atoms. The van der Waals surface area contributed by atoms with Crippen molar-refractivity contribution in [2.24, 2.45) is 0 Å². The Morgan fingerprint density at radius 3 is 2.96 bits per heavy atom. The van der Waals surface area contributed by atoms with E-state index in [9.17, 15) is 4.79 Å². The number of ether oxygens (including phenoxy) is 3. The third kappa shape index (κ3) is 3.34. The van der Waals surface area contributed by atoms with Gasteiger partial charge in [-0.2, -0.15) is 5.10 Å². The van der Waals surface area contributed by atoms with Crippen LogP contribution >= 0.6 is 0 Å². The summed E-state index contributed by atoms with van der Waals surface area (Å²) in [6, 6.07) is 5.36. The molecular formula is C17H18N4O4. The summed E-state index contributed by atoms with van der Waals surface area (Å²) in [5.74, 6) is 1.96. The van der Waals surface area contributed by atoms with Crippen molar-refractivity contribution in [1.82, 2.24) is 20.1 Å². The molecule has 1 N–H and O–H groups in total. The van der Waals surface area contributed by atoms with E-state index in [2.05, 4.69) is 15.2 Å². The van der Waals surface area contributed by atoms with Crippen molar-refractivity contribution in [3.8, 4) is 11.5 Å². The zero-order valence-corrected chi connectivity index (χ0v) is 13.6. The highest BCUT2D eigenvalue weighted by Gasteiger charge is 2.29. The smallest absolute Gasteiger partial charge is 0.247 e. The van der Waals surface area contributed by atoms with E-state index in [1.54, 1.807) is 17.1 Å². The molecule has 8 heteroatoms. The number of fused-ring (bicyclic) bond motifs is 1. The third-order valence-electron chi connectivity index (χ3n) is 4.15. The van der Waals surface area contributed by atoms with Crippen LogP contribution in [0.5, 0.6) is 11.5 Å². The van der Waals surface area contributed by atoms with Gasteiger partial charge in [-0.25, -0.2) is 4.98 Å². The van der Waals surface area contributed by atoms with E-state index in [0.29, 0.717) is 44.5 Å². The molecule has 1 amide bonds. The maximum atomic E-state index is 12.6. The minimum absolute atomic E-state index is 0.0976. The highest BCUT2D eigenvalue weighted by atomic mass is 16.6. The summed E-state index contributed by atoms with van der Waals surface area (Å²) in [6.45, 7) is 2.51. The second-order valence-corrected chi connectivity index (χ2v) is 5.73. The molecule has 1 unspecified atom stereocenters. The molecule has 1 atom stereocenters. The SMILES string of the molecule is O=C(/C=C/c1ccc2c(c1)OCCO2)N1CCOCC1c1ncn[nH]1. The first-order valence-electron chi connectivity index (χ1n) is 8.12. The van der Waals surface area contributed by atoms with Gasteiger partial charge in [-0.3, -0.25) is 9.89 Å². The molecule has 0 radical (unpaired) electrons. The van der Waals surface area contributed by atoms with Crippen LogP contribution in [0.2, 0.25) is 0 Å². The number of amides is 1. The van der Waals surface area contributed by atoms with Gasteiger partial charge in [0.15, 0.2) is 11.5 Å². The number of aromatic nitrogens is 3. The average molecular weight is 342 g/mol. The van der Waals surface area contributed by atoms with Crippen molar-refractivity contribution in [1.29, 1.82) is 0 Å². The minimum Gasteiger partial charge on any atom is -0.486 e.